The van der Waals surface area contributed by atoms with Crippen molar-refractivity contribution in [3.05, 3.63) is 58.9 Å². The zero-order chi connectivity index (χ0) is 22.6. The molecule has 6 nitrogen and oxygen atoms in total. The van der Waals surface area contributed by atoms with Crippen molar-refractivity contribution in [1.82, 2.24) is 9.97 Å². The zero-order valence-electron chi connectivity index (χ0n) is 16.0. The lowest BCUT2D eigenvalue weighted by Gasteiger charge is -2.32. The van der Waals surface area contributed by atoms with E-state index in [-0.39, 0.29) is 27.7 Å². The lowest BCUT2D eigenvalue weighted by Crippen LogP contribution is -2.37. The van der Waals surface area contributed by atoms with Gasteiger partial charge in [0.15, 0.2) is 16.7 Å². The summed E-state index contributed by atoms with van der Waals surface area (Å²) in [4.78, 5) is 11.6. The van der Waals surface area contributed by atoms with E-state index in [4.69, 9.17) is 11.0 Å². The first-order valence-corrected chi connectivity index (χ1v) is 9.83. The van der Waals surface area contributed by atoms with Gasteiger partial charge in [-0.3, -0.25) is 4.99 Å². The molecule has 1 fully saturated rings. The molecule has 0 amide bonds. The lowest BCUT2D eigenvalue weighted by atomic mass is 9.84. The van der Waals surface area contributed by atoms with Gasteiger partial charge in [0.05, 0.1) is 30.5 Å². The van der Waals surface area contributed by atoms with Crippen molar-refractivity contribution >= 4 is 28.8 Å². The third-order valence-electron chi connectivity index (χ3n) is 5.58. The van der Waals surface area contributed by atoms with Crippen LogP contribution in [-0.2, 0) is 5.54 Å². The van der Waals surface area contributed by atoms with Crippen LogP contribution >= 0.6 is 11.8 Å². The van der Waals surface area contributed by atoms with E-state index in [0.717, 1.165) is 24.5 Å². The SMILES string of the molecule is C[C@]1(c2cc(/C=C(\F)c3cnc(C#N)cn3)ccc2F)N=C(N)S[C@]2(CO)[C@@H]1C2(F)F. The molecule has 1 aliphatic carbocycles. The van der Waals surface area contributed by atoms with E-state index in [1.54, 1.807) is 6.07 Å². The van der Waals surface area contributed by atoms with Crippen molar-refractivity contribution in [1.29, 1.82) is 5.26 Å². The highest BCUT2D eigenvalue weighted by Gasteiger charge is 2.87. The van der Waals surface area contributed by atoms with Crippen LogP contribution in [0.1, 0.15) is 29.4 Å². The fourth-order valence-corrected chi connectivity index (χ4v) is 5.43. The van der Waals surface area contributed by atoms with Gasteiger partial charge in [-0.05, 0) is 30.7 Å². The number of nitrogens with zero attached hydrogens (tertiary/aromatic N) is 4. The van der Waals surface area contributed by atoms with Crippen LogP contribution in [0.15, 0.2) is 35.6 Å². The molecule has 2 aliphatic rings. The third kappa shape index (κ3) is 3.09. The molecule has 3 atom stereocenters. The number of hydrogen-bond acceptors (Lipinski definition) is 7. The number of nitriles is 1. The molecule has 2 heterocycles. The van der Waals surface area contributed by atoms with E-state index in [2.05, 4.69) is 15.0 Å². The maximum Gasteiger partial charge on any atom is 0.272 e. The zero-order valence-corrected chi connectivity index (χ0v) is 16.8. The third-order valence-corrected chi connectivity index (χ3v) is 6.88. The maximum absolute atomic E-state index is 14.8. The Labute approximate surface area is 178 Å². The summed E-state index contributed by atoms with van der Waals surface area (Å²) in [5, 5.41) is 18.2. The number of aliphatic imine (C=N–C) groups is 1. The molecule has 2 aromatic rings. The number of aromatic nitrogens is 2. The standard InChI is InChI=1S/C20H15F4N5OS/c1-18(16-19(9-30,20(16,23)24)31-17(26)29-18)12-4-10(2-3-13(12)21)5-14(22)15-8-27-11(6-25)7-28-15/h2-5,7-8,16,30H,9H2,1H3,(H2,26,29)/b14-5-/t16-,18-,19-/m1/s1. The second kappa shape index (κ2) is 7.03. The van der Waals surface area contributed by atoms with Crippen LogP contribution in [0.2, 0.25) is 0 Å². The minimum Gasteiger partial charge on any atom is -0.395 e. The molecule has 3 N–H and O–H groups in total. The molecular weight excluding hydrogens is 434 g/mol. The molecule has 31 heavy (non-hydrogen) atoms. The smallest absolute Gasteiger partial charge is 0.272 e. The average Bonchev–Trinajstić information content (AvgIpc) is 3.25. The molecule has 1 saturated carbocycles. The largest absolute Gasteiger partial charge is 0.395 e. The summed E-state index contributed by atoms with van der Waals surface area (Å²) in [6.45, 7) is 0.471. The van der Waals surface area contributed by atoms with Crippen molar-refractivity contribution in [3.63, 3.8) is 0 Å². The van der Waals surface area contributed by atoms with Crippen LogP contribution in [0.5, 0.6) is 0 Å². The second-order valence-electron chi connectivity index (χ2n) is 7.43. The van der Waals surface area contributed by atoms with Crippen LogP contribution in [-0.4, -0.2) is 37.5 Å². The van der Waals surface area contributed by atoms with Crippen molar-refractivity contribution in [2.75, 3.05) is 6.61 Å². The topological polar surface area (TPSA) is 108 Å². The number of benzene rings is 1. The summed E-state index contributed by atoms with van der Waals surface area (Å²) in [7, 11) is 0. The molecule has 1 aromatic carbocycles. The molecule has 160 valence electrons. The van der Waals surface area contributed by atoms with Crippen LogP contribution in [0, 0.1) is 23.1 Å². The van der Waals surface area contributed by atoms with Gasteiger partial charge in [-0.2, -0.15) is 5.26 Å². The van der Waals surface area contributed by atoms with Gasteiger partial charge in [-0.1, -0.05) is 17.8 Å². The molecule has 0 bridgehead atoms. The summed E-state index contributed by atoms with van der Waals surface area (Å²) < 4.78 is 56.9. The quantitative estimate of drug-likeness (QED) is 0.694. The van der Waals surface area contributed by atoms with Gasteiger partial charge in [0, 0.05) is 5.56 Å². The van der Waals surface area contributed by atoms with Gasteiger partial charge in [-0.15, -0.1) is 0 Å². The average molecular weight is 449 g/mol. The van der Waals surface area contributed by atoms with Crippen LogP contribution in [0.4, 0.5) is 17.6 Å². The van der Waals surface area contributed by atoms with Crippen LogP contribution < -0.4 is 5.73 Å². The minimum atomic E-state index is -3.33. The predicted octanol–water partition coefficient (Wildman–Crippen LogP) is 3.23. The number of amidine groups is 1. The van der Waals surface area contributed by atoms with Crippen molar-refractivity contribution in [2.45, 2.75) is 23.1 Å². The highest BCUT2D eigenvalue weighted by atomic mass is 32.2. The number of aliphatic hydroxyl groups excluding tert-OH is 1. The minimum absolute atomic E-state index is 0.0110. The fourth-order valence-electron chi connectivity index (χ4n) is 4.06. The molecular formula is C20H15F4N5OS. The molecule has 11 heteroatoms. The van der Waals surface area contributed by atoms with E-state index < -0.39 is 40.4 Å². The molecule has 0 unspecified atom stereocenters. The Morgan fingerprint density at radius 1 is 1.35 bits per heavy atom. The first-order valence-electron chi connectivity index (χ1n) is 9.02. The van der Waals surface area contributed by atoms with Crippen molar-refractivity contribution in [3.8, 4) is 6.07 Å². The first-order chi connectivity index (χ1) is 14.6. The van der Waals surface area contributed by atoms with Gasteiger partial charge in [0.1, 0.15) is 22.3 Å². The Hall–Kier alpha value is -2.97. The molecule has 1 aliphatic heterocycles. The Kier molecular flexibility index (Phi) is 4.83. The summed E-state index contributed by atoms with van der Waals surface area (Å²) >= 11 is 0.583. The van der Waals surface area contributed by atoms with Crippen LogP contribution in [0.3, 0.4) is 0 Å². The van der Waals surface area contributed by atoms with Crippen LogP contribution in [0.25, 0.3) is 11.9 Å². The Morgan fingerprint density at radius 3 is 2.71 bits per heavy atom. The fraction of sp³-hybridized carbons (Fsp3) is 0.300. The van der Waals surface area contributed by atoms with E-state index in [0.29, 0.717) is 11.8 Å². The maximum atomic E-state index is 14.8. The van der Waals surface area contributed by atoms with Gasteiger partial charge in [0.2, 0.25) is 0 Å². The van der Waals surface area contributed by atoms with E-state index in [1.165, 1.54) is 19.1 Å². The number of thioether (sulfide) groups is 1. The highest BCUT2D eigenvalue weighted by Crippen LogP contribution is 2.74. The highest BCUT2D eigenvalue weighted by molar-refractivity contribution is 8.15. The molecule has 0 spiro atoms. The monoisotopic (exact) mass is 449 g/mol. The number of hydrogen-bond donors (Lipinski definition) is 2. The van der Waals surface area contributed by atoms with E-state index in [9.17, 15) is 22.7 Å². The summed E-state index contributed by atoms with van der Waals surface area (Å²) in [6, 6.07) is 5.28. The number of aliphatic hydroxyl groups is 1. The summed E-state index contributed by atoms with van der Waals surface area (Å²) in [6.07, 6.45) is 3.21. The number of halogens is 4. The number of fused-ring (bicyclic) bond motifs is 1. The first kappa shape index (κ1) is 21.3. The van der Waals surface area contributed by atoms with E-state index in [1.807, 2.05) is 0 Å². The number of nitrogens with two attached hydrogens (primary N) is 1. The van der Waals surface area contributed by atoms with Gasteiger partial charge >= 0.3 is 0 Å². The Balaban J connectivity index is 1.76. The van der Waals surface area contributed by atoms with Gasteiger partial charge in [0.25, 0.3) is 5.92 Å². The number of alkyl halides is 2. The number of rotatable bonds is 4. The van der Waals surface area contributed by atoms with Crippen molar-refractivity contribution in [2.24, 2.45) is 16.6 Å². The van der Waals surface area contributed by atoms with Gasteiger partial charge < -0.3 is 10.8 Å². The summed E-state index contributed by atoms with van der Waals surface area (Å²) in [5.74, 6) is -6.44. The summed E-state index contributed by atoms with van der Waals surface area (Å²) in [5.41, 5.74) is 3.83. The lowest BCUT2D eigenvalue weighted by molar-refractivity contribution is 0.0685. The van der Waals surface area contributed by atoms with Gasteiger partial charge in [-0.25, -0.2) is 27.5 Å². The molecule has 0 saturated heterocycles. The molecule has 4 rings (SSSR count). The second-order valence-corrected chi connectivity index (χ2v) is 8.78. The normalized spacial score (nSPS) is 29.0. The predicted molar refractivity (Wildman–Crippen MR) is 107 cm³/mol. The van der Waals surface area contributed by atoms with E-state index >= 15 is 0 Å². The molecule has 1 aromatic heterocycles. The molecule has 0 radical (unpaired) electrons. The Bertz CT molecular complexity index is 1160. The Morgan fingerprint density at radius 2 is 2.10 bits per heavy atom. The van der Waals surface area contributed by atoms with Crippen molar-refractivity contribution < 1.29 is 22.7 Å².